The van der Waals surface area contributed by atoms with E-state index in [0.717, 1.165) is 4.88 Å². The van der Waals surface area contributed by atoms with Gasteiger partial charge in [-0.25, -0.2) is 0 Å². The standard InChI is InChI=1S/C10H15NOS/c1-7-5-10(13-8(7)2)9(12)6-11(3)4/h5H,6H2,1-4H3. The van der Waals surface area contributed by atoms with E-state index >= 15 is 0 Å². The molecular weight excluding hydrogens is 182 g/mol. The number of Topliss-reactive ketones (excluding diaryl/α,β-unsaturated/α-hetero) is 1. The maximum absolute atomic E-state index is 11.6. The van der Waals surface area contributed by atoms with Gasteiger partial charge < -0.3 is 4.90 Å². The second-order valence-corrected chi connectivity index (χ2v) is 4.77. The van der Waals surface area contributed by atoms with E-state index in [1.54, 1.807) is 11.3 Å². The molecule has 1 rings (SSSR count). The van der Waals surface area contributed by atoms with Crippen LogP contribution in [0, 0.1) is 13.8 Å². The molecule has 0 saturated carbocycles. The predicted octanol–water partition coefficient (Wildman–Crippen LogP) is 2.11. The summed E-state index contributed by atoms with van der Waals surface area (Å²) >= 11 is 1.59. The van der Waals surface area contributed by atoms with Crippen molar-refractivity contribution in [3.8, 4) is 0 Å². The Hall–Kier alpha value is -0.670. The van der Waals surface area contributed by atoms with E-state index in [1.165, 1.54) is 10.4 Å². The lowest BCUT2D eigenvalue weighted by molar-refractivity contribution is 0.0962. The van der Waals surface area contributed by atoms with Crippen LogP contribution in [0.3, 0.4) is 0 Å². The highest BCUT2D eigenvalue weighted by atomic mass is 32.1. The summed E-state index contributed by atoms with van der Waals surface area (Å²) in [5, 5.41) is 0. The minimum Gasteiger partial charge on any atom is -0.302 e. The number of ketones is 1. The summed E-state index contributed by atoms with van der Waals surface area (Å²) in [6, 6.07) is 1.98. The first-order chi connectivity index (χ1) is 6.00. The smallest absolute Gasteiger partial charge is 0.186 e. The van der Waals surface area contributed by atoms with Gasteiger partial charge in [0.15, 0.2) is 5.78 Å². The zero-order valence-corrected chi connectivity index (χ0v) is 9.36. The van der Waals surface area contributed by atoms with Crippen LogP contribution in [0.25, 0.3) is 0 Å². The highest BCUT2D eigenvalue weighted by molar-refractivity contribution is 7.14. The van der Waals surface area contributed by atoms with Gasteiger partial charge in [-0.15, -0.1) is 11.3 Å². The zero-order valence-electron chi connectivity index (χ0n) is 8.55. The second kappa shape index (κ2) is 4.03. The van der Waals surface area contributed by atoms with Gasteiger partial charge in [-0.1, -0.05) is 0 Å². The fraction of sp³-hybridized carbons (Fsp3) is 0.500. The molecule has 0 radical (unpaired) electrons. The molecule has 0 fully saturated rings. The number of hydrogen-bond acceptors (Lipinski definition) is 3. The van der Waals surface area contributed by atoms with Crippen molar-refractivity contribution in [1.29, 1.82) is 0 Å². The molecule has 0 spiro atoms. The van der Waals surface area contributed by atoms with Crippen LogP contribution in [0.2, 0.25) is 0 Å². The van der Waals surface area contributed by atoms with E-state index in [-0.39, 0.29) is 5.78 Å². The van der Waals surface area contributed by atoms with Crippen molar-refractivity contribution >= 4 is 17.1 Å². The largest absolute Gasteiger partial charge is 0.302 e. The summed E-state index contributed by atoms with van der Waals surface area (Å²) in [5.74, 6) is 0.214. The highest BCUT2D eigenvalue weighted by Gasteiger charge is 2.10. The van der Waals surface area contributed by atoms with Crippen LogP contribution in [0.4, 0.5) is 0 Å². The molecule has 1 aromatic rings. The number of nitrogens with zero attached hydrogens (tertiary/aromatic N) is 1. The lowest BCUT2D eigenvalue weighted by Gasteiger charge is -2.05. The van der Waals surface area contributed by atoms with Crippen molar-refractivity contribution in [2.45, 2.75) is 13.8 Å². The maximum Gasteiger partial charge on any atom is 0.186 e. The molecule has 0 aliphatic carbocycles. The quantitative estimate of drug-likeness (QED) is 0.692. The minimum atomic E-state index is 0.214. The molecule has 0 amide bonds. The van der Waals surface area contributed by atoms with Gasteiger partial charge in [0.05, 0.1) is 11.4 Å². The number of hydrogen-bond donors (Lipinski definition) is 0. The third-order valence-corrected chi connectivity index (χ3v) is 3.09. The third-order valence-electron chi connectivity index (χ3n) is 1.90. The van der Waals surface area contributed by atoms with Gasteiger partial charge in [-0.3, -0.25) is 4.79 Å². The van der Waals surface area contributed by atoms with Crippen LogP contribution in [0.1, 0.15) is 20.1 Å². The van der Waals surface area contributed by atoms with E-state index in [1.807, 2.05) is 38.9 Å². The van der Waals surface area contributed by atoms with E-state index in [4.69, 9.17) is 0 Å². The van der Waals surface area contributed by atoms with Crippen LogP contribution in [0.15, 0.2) is 6.07 Å². The van der Waals surface area contributed by atoms with Crippen LogP contribution >= 0.6 is 11.3 Å². The molecule has 0 bridgehead atoms. The van der Waals surface area contributed by atoms with Gasteiger partial charge in [-0.2, -0.15) is 0 Å². The number of carbonyl (C=O) groups is 1. The summed E-state index contributed by atoms with van der Waals surface area (Å²) in [6.45, 7) is 4.59. The van der Waals surface area contributed by atoms with Gasteiger partial charge in [0.25, 0.3) is 0 Å². The summed E-state index contributed by atoms with van der Waals surface area (Å²) in [5.41, 5.74) is 1.21. The summed E-state index contributed by atoms with van der Waals surface area (Å²) < 4.78 is 0. The number of carbonyl (C=O) groups excluding carboxylic acids is 1. The lowest BCUT2D eigenvalue weighted by atomic mass is 10.2. The molecule has 1 heterocycles. The van der Waals surface area contributed by atoms with Crippen LogP contribution in [-0.4, -0.2) is 31.3 Å². The Kier molecular flexibility index (Phi) is 3.22. The van der Waals surface area contributed by atoms with Crippen molar-refractivity contribution in [2.75, 3.05) is 20.6 Å². The summed E-state index contributed by atoms with van der Waals surface area (Å²) in [6.07, 6.45) is 0. The predicted molar refractivity (Wildman–Crippen MR) is 56.7 cm³/mol. The fourth-order valence-electron chi connectivity index (χ4n) is 1.08. The molecule has 0 saturated heterocycles. The van der Waals surface area contributed by atoms with Crippen molar-refractivity contribution in [3.63, 3.8) is 0 Å². The van der Waals surface area contributed by atoms with Crippen LogP contribution in [0.5, 0.6) is 0 Å². The average Bonchev–Trinajstić information content (AvgIpc) is 2.31. The molecule has 0 aliphatic rings. The topological polar surface area (TPSA) is 20.3 Å². The summed E-state index contributed by atoms with van der Waals surface area (Å²) in [7, 11) is 3.82. The molecule has 0 atom stereocenters. The first-order valence-corrected chi connectivity index (χ1v) is 5.07. The second-order valence-electron chi connectivity index (χ2n) is 3.51. The molecule has 0 unspecified atom stereocenters. The Balaban J connectivity index is 2.77. The molecule has 3 heteroatoms. The third kappa shape index (κ3) is 2.64. The van der Waals surface area contributed by atoms with Crippen LogP contribution in [-0.2, 0) is 0 Å². The SMILES string of the molecule is Cc1cc(C(=O)CN(C)C)sc1C. The molecule has 2 nitrogen and oxygen atoms in total. The molecular formula is C10H15NOS. The molecule has 0 aliphatic heterocycles. The first kappa shape index (κ1) is 10.4. The normalized spacial score (nSPS) is 10.8. The maximum atomic E-state index is 11.6. The number of thiophene rings is 1. The van der Waals surface area contributed by atoms with Gasteiger partial charge in [0.1, 0.15) is 0 Å². The van der Waals surface area contributed by atoms with Crippen molar-refractivity contribution in [1.82, 2.24) is 4.90 Å². The van der Waals surface area contributed by atoms with Crippen molar-refractivity contribution < 1.29 is 4.79 Å². The number of aryl methyl sites for hydroxylation is 2. The Morgan fingerprint density at radius 3 is 2.46 bits per heavy atom. The van der Waals surface area contributed by atoms with E-state index in [0.29, 0.717) is 6.54 Å². The average molecular weight is 197 g/mol. The Morgan fingerprint density at radius 2 is 2.08 bits per heavy atom. The fourth-order valence-corrected chi connectivity index (χ4v) is 2.04. The molecule has 0 N–H and O–H groups in total. The van der Waals surface area contributed by atoms with Crippen molar-refractivity contribution in [2.24, 2.45) is 0 Å². The number of rotatable bonds is 3. The molecule has 1 aromatic heterocycles. The van der Waals surface area contributed by atoms with E-state index in [9.17, 15) is 4.79 Å². The Bertz CT molecular complexity index is 295. The highest BCUT2D eigenvalue weighted by Crippen LogP contribution is 2.20. The van der Waals surface area contributed by atoms with Crippen LogP contribution < -0.4 is 0 Å². The van der Waals surface area contributed by atoms with Gasteiger partial charge in [0, 0.05) is 4.88 Å². The number of likely N-dealkylation sites (N-methyl/N-ethyl adjacent to an activating group) is 1. The first-order valence-electron chi connectivity index (χ1n) is 4.25. The Morgan fingerprint density at radius 1 is 1.46 bits per heavy atom. The van der Waals surface area contributed by atoms with Gasteiger partial charge in [0.2, 0.25) is 0 Å². The summed E-state index contributed by atoms with van der Waals surface area (Å²) in [4.78, 5) is 15.6. The lowest BCUT2D eigenvalue weighted by Crippen LogP contribution is -2.20. The molecule has 0 aromatic carbocycles. The molecule has 72 valence electrons. The van der Waals surface area contributed by atoms with E-state index < -0.39 is 0 Å². The zero-order chi connectivity index (χ0) is 10.0. The van der Waals surface area contributed by atoms with E-state index in [2.05, 4.69) is 0 Å². The Labute approximate surface area is 83.2 Å². The monoisotopic (exact) mass is 197 g/mol. The minimum absolute atomic E-state index is 0.214. The van der Waals surface area contributed by atoms with Gasteiger partial charge in [-0.05, 0) is 39.6 Å². The molecule has 13 heavy (non-hydrogen) atoms. The van der Waals surface area contributed by atoms with Gasteiger partial charge >= 0.3 is 0 Å². The van der Waals surface area contributed by atoms with Crippen molar-refractivity contribution in [3.05, 3.63) is 21.4 Å².